The number of aromatic nitrogens is 1. The molecule has 0 fully saturated rings. The zero-order chi connectivity index (χ0) is 13.4. The number of fused-ring (bicyclic) bond motifs is 1. The number of carboxylic acid groups (broad SMARTS) is 1. The van der Waals surface area contributed by atoms with Gasteiger partial charge < -0.3 is 10.1 Å². The van der Waals surface area contributed by atoms with Crippen LogP contribution < -0.4 is 5.56 Å². The van der Waals surface area contributed by atoms with E-state index in [4.69, 9.17) is 5.11 Å². The van der Waals surface area contributed by atoms with Crippen molar-refractivity contribution in [2.75, 3.05) is 0 Å². The lowest BCUT2D eigenvalue weighted by atomic mass is 9.97. The van der Waals surface area contributed by atoms with Crippen LogP contribution in [0.15, 0.2) is 16.9 Å². The van der Waals surface area contributed by atoms with Gasteiger partial charge in [-0.1, -0.05) is 6.07 Å². The van der Waals surface area contributed by atoms with E-state index < -0.39 is 5.97 Å². The molecule has 1 heterocycles. The van der Waals surface area contributed by atoms with Crippen molar-refractivity contribution >= 4 is 16.9 Å². The van der Waals surface area contributed by atoms with Crippen molar-refractivity contribution in [2.24, 2.45) is 0 Å². The Labute approximate surface area is 104 Å². The number of benzene rings is 1. The molecule has 0 saturated heterocycles. The second kappa shape index (κ2) is 4.29. The summed E-state index contributed by atoms with van der Waals surface area (Å²) < 4.78 is 0. The van der Waals surface area contributed by atoms with Gasteiger partial charge >= 0.3 is 5.97 Å². The maximum atomic E-state index is 11.9. The highest BCUT2D eigenvalue weighted by molar-refractivity contribution is 5.87. The fourth-order valence-electron chi connectivity index (χ4n) is 2.45. The number of pyridine rings is 1. The van der Waals surface area contributed by atoms with E-state index in [9.17, 15) is 9.59 Å². The van der Waals surface area contributed by atoms with Gasteiger partial charge in [0.25, 0.3) is 5.56 Å². The molecular formula is C14H15NO3. The number of rotatable bonds is 2. The van der Waals surface area contributed by atoms with Crippen LogP contribution in [-0.2, 0) is 11.2 Å². The number of nitrogens with one attached hydrogen (secondary N) is 1. The Morgan fingerprint density at radius 3 is 2.56 bits per heavy atom. The number of hydrogen-bond donors (Lipinski definition) is 2. The van der Waals surface area contributed by atoms with E-state index in [0.29, 0.717) is 5.56 Å². The third-order valence-corrected chi connectivity index (χ3v) is 3.16. The van der Waals surface area contributed by atoms with Gasteiger partial charge in [-0.25, -0.2) is 0 Å². The second-order valence-corrected chi connectivity index (χ2v) is 4.63. The van der Waals surface area contributed by atoms with Crippen LogP contribution in [0.25, 0.3) is 10.9 Å². The minimum Gasteiger partial charge on any atom is -0.481 e. The predicted octanol–water partition coefficient (Wildman–Crippen LogP) is 2.08. The molecule has 0 aliphatic heterocycles. The Morgan fingerprint density at radius 1 is 1.28 bits per heavy atom. The maximum Gasteiger partial charge on any atom is 0.308 e. The van der Waals surface area contributed by atoms with E-state index in [0.717, 1.165) is 27.6 Å². The van der Waals surface area contributed by atoms with Crippen molar-refractivity contribution < 1.29 is 9.90 Å². The van der Waals surface area contributed by atoms with E-state index in [2.05, 4.69) is 4.98 Å². The van der Waals surface area contributed by atoms with E-state index in [1.54, 1.807) is 6.92 Å². The van der Waals surface area contributed by atoms with Gasteiger partial charge in [0.05, 0.1) is 6.42 Å². The smallest absolute Gasteiger partial charge is 0.308 e. The van der Waals surface area contributed by atoms with Crippen molar-refractivity contribution in [1.82, 2.24) is 4.98 Å². The number of carboxylic acids is 1. The summed E-state index contributed by atoms with van der Waals surface area (Å²) in [5.41, 5.74) is 3.67. The van der Waals surface area contributed by atoms with Gasteiger partial charge in [-0.2, -0.15) is 0 Å². The maximum absolute atomic E-state index is 11.9. The molecule has 4 heteroatoms. The molecule has 4 nitrogen and oxygen atoms in total. The molecule has 0 atom stereocenters. The van der Waals surface area contributed by atoms with Crippen LogP contribution in [0.1, 0.15) is 22.3 Å². The van der Waals surface area contributed by atoms with Crippen molar-refractivity contribution in [3.05, 3.63) is 44.7 Å². The van der Waals surface area contributed by atoms with Crippen LogP contribution in [-0.4, -0.2) is 16.1 Å². The molecule has 2 aromatic rings. The van der Waals surface area contributed by atoms with Crippen LogP contribution in [0.4, 0.5) is 0 Å². The second-order valence-electron chi connectivity index (χ2n) is 4.63. The molecule has 2 N–H and O–H groups in total. The molecule has 0 radical (unpaired) electrons. The Bertz CT molecular complexity index is 698. The van der Waals surface area contributed by atoms with Gasteiger partial charge in [0.1, 0.15) is 0 Å². The summed E-state index contributed by atoms with van der Waals surface area (Å²) >= 11 is 0. The fraction of sp³-hybridized carbons (Fsp3) is 0.286. The molecule has 0 aliphatic rings. The van der Waals surface area contributed by atoms with Crippen molar-refractivity contribution in [3.63, 3.8) is 0 Å². The van der Waals surface area contributed by atoms with E-state index >= 15 is 0 Å². The molecule has 0 spiro atoms. The Hall–Kier alpha value is -2.10. The van der Waals surface area contributed by atoms with Crippen LogP contribution >= 0.6 is 0 Å². The molecule has 0 bridgehead atoms. The first-order valence-corrected chi connectivity index (χ1v) is 5.74. The Kier molecular flexibility index (Phi) is 2.95. The van der Waals surface area contributed by atoms with Crippen LogP contribution in [0.5, 0.6) is 0 Å². The van der Waals surface area contributed by atoms with Crippen molar-refractivity contribution in [1.29, 1.82) is 0 Å². The third-order valence-electron chi connectivity index (χ3n) is 3.16. The molecule has 0 saturated carbocycles. The lowest BCUT2D eigenvalue weighted by molar-refractivity contribution is -0.136. The standard InChI is InChI=1S/C14H15NO3/c1-7-4-8(2)13-9(3)10(6-12(16)17)14(18)15-11(13)5-7/h4-5H,6H2,1-3H3,(H,15,18)(H,16,17). The number of H-pyrrole nitrogens is 1. The van der Waals surface area contributed by atoms with Gasteiger partial charge in [0.2, 0.25) is 0 Å². The molecule has 1 aromatic carbocycles. The van der Waals surface area contributed by atoms with Gasteiger partial charge in [0, 0.05) is 16.5 Å². The number of carbonyl (C=O) groups is 1. The predicted molar refractivity (Wildman–Crippen MR) is 70.1 cm³/mol. The Morgan fingerprint density at radius 2 is 1.94 bits per heavy atom. The number of aliphatic carboxylic acids is 1. The van der Waals surface area contributed by atoms with Crippen LogP contribution in [0.3, 0.4) is 0 Å². The van der Waals surface area contributed by atoms with Gasteiger partial charge in [-0.15, -0.1) is 0 Å². The van der Waals surface area contributed by atoms with Crippen molar-refractivity contribution in [2.45, 2.75) is 27.2 Å². The highest BCUT2D eigenvalue weighted by atomic mass is 16.4. The van der Waals surface area contributed by atoms with Gasteiger partial charge in [-0.3, -0.25) is 9.59 Å². The molecule has 94 valence electrons. The molecule has 0 unspecified atom stereocenters. The Balaban J connectivity index is 2.85. The quantitative estimate of drug-likeness (QED) is 0.851. The average molecular weight is 245 g/mol. The normalized spacial score (nSPS) is 10.8. The van der Waals surface area contributed by atoms with E-state index in [-0.39, 0.29) is 12.0 Å². The summed E-state index contributed by atoms with van der Waals surface area (Å²) in [6, 6.07) is 3.93. The fourth-order valence-corrected chi connectivity index (χ4v) is 2.45. The first kappa shape index (κ1) is 12.4. The summed E-state index contributed by atoms with van der Waals surface area (Å²) in [7, 11) is 0. The highest BCUT2D eigenvalue weighted by Gasteiger charge is 2.13. The minimum atomic E-state index is -0.993. The van der Waals surface area contributed by atoms with Crippen LogP contribution in [0.2, 0.25) is 0 Å². The third kappa shape index (κ3) is 2.01. The topological polar surface area (TPSA) is 70.2 Å². The zero-order valence-electron chi connectivity index (χ0n) is 10.6. The van der Waals surface area contributed by atoms with E-state index in [1.165, 1.54) is 0 Å². The average Bonchev–Trinajstić information content (AvgIpc) is 2.22. The zero-order valence-corrected chi connectivity index (χ0v) is 10.6. The molecule has 0 amide bonds. The van der Waals surface area contributed by atoms with Gasteiger partial charge in [-0.05, 0) is 43.5 Å². The lowest BCUT2D eigenvalue weighted by Crippen LogP contribution is -2.18. The minimum absolute atomic E-state index is 0.246. The van der Waals surface area contributed by atoms with Gasteiger partial charge in [0.15, 0.2) is 0 Å². The molecule has 1 aromatic heterocycles. The lowest BCUT2D eigenvalue weighted by Gasteiger charge is -2.10. The molecular weight excluding hydrogens is 230 g/mol. The first-order chi connectivity index (χ1) is 8.40. The monoisotopic (exact) mass is 245 g/mol. The molecule has 18 heavy (non-hydrogen) atoms. The summed E-state index contributed by atoms with van der Waals surface area (Å²) in [4.78, 5) is 25.5. The van der Waals surface area contributed by atoms with Crippen molar-refractivity contribution in [3.8, 4) is 0 Å². The summed E-state index contributed by atoms with van der Waals surface area (Å²) in [5.74, 6) is -0.993. The molecule has 2 rings (SSSR count). The number of aromatic amines is 1. The summed E-state index contributed by atoms with van der Waals surface area (Å²) in [5, 5.41) is 9.79. The number of hydrogen-bond acceptors (Lipinski definition) is 2. The van der Waals surface area contributed by atoms with E-state index in [1.807, 2.05) is 26.0 Å². The number of aryl methyl sites for hydroxylation is 3. The largest absolute Gasteiger partial charge is 0.481 e. The van der Waals surface area contributed by atoms with Crippen LogP contribution in [0, 0.1) is 20.8 Å². The SMILES string of the molecule is Cc1cc(C)c2c(C)c(CC(=O)O)c(=O)[nH]c2c1. The first-order valence-electron chi connectivity index (χ1n) is 5.74. The summed E-state index contributed by atoms with van der Waals surface area (Å²) in [6.45, 7) is 5.73. The summed E-state index contributed by atoms with van der Waals surface area (Å²) in [6.07, 6.45) is -0.246. The molecule has 0 aliphatic carbocycles. The highest BCUT2D eigenvalue weighted by Crippen LogP contribution is 2.23.